The van der Waals surface area contributed by atoms with Gasteiger partial charge in [0.1, 0.15) is 9.47 Å². The lowest BCUT2D eigenvalue weighted by Gasteiger charge is -2.03. The van der Waals surface area contributed by atoms with E-state index in [0.717, 1.165) is 16.8 Å². The van der Waals surface area contributed by atoms with Crippen molar-refractivity contribution in [2.45, 2.75) is 13.5 Å². The van der Waals surface area contributed by atoms with E-state index in [4.69, 9.17) is 23.8 Å². The highest BCUT2D eigenvalue weighted by atomic mass is 35.5. The molecule has 22 heavy (non-hydrogen) atoms. The van der Waals surface area contributed by atoms with Crippen molar-refractivity contribution in [3.8, 4) is 0 Å². The number of thioether (sulfide) groups is 1. The smallest absolute Gasteiger partial charge is 0.263 e. The summed E-state index contributed by atoms with van der Waals surface area (Å²) in [5.41, 5.74) is 2.64. The summed E-state index contributed by atoms with van der Waals surface area (Å²) in [4.78, 5) is 12.3. The number of thiocarbonyl (C=S) groups is 1. The van der Waals surface area contributed by atoms with Crippen LogP contribution in [0.5, 0.6) is 0 Å². The number of amides is 1. The quantitative estimate of drug-likeness (QED) is 0.681. The molecule has 112 valence electrons. The van der Waals surface area contributed by atoms with Gasteiger partial charge in [0, 0.05) is 5.56 Å². The molecule has 0 radical (unpaired) electrons. The van der Waals surface area contributed by atoms with Gasteiger partial charge in [-0.15, -0.1) is 0 Å². The molecule has 1 fully saturated rings. The zero-order valence-corrected chi connectivity index (χ0v) is 14.1. The Balaban J connectivity index is 1.92. The summed E-state index contributed by atoms with van der Waals surface area (Å²) in [5.74, 6) is -0.193. The highest BCUT2D eigenvalue weighted by molar-refractivity contribution is 8.26. The van der Waals surface area contributed by atoms with Gasteiger partial charge >= 0.3 is 0 Å². The average Bonchev–Trinajstić information content (AvgIpc) is 2.94. The van der Waals surface area contributed by atoms with Crippen molar-refractivity contribution in [2.75, 3.05) is 0 Å². The predicted octanol–water partition coefficient (Wildman–Crippen LogP) is 3.38. The normalized spacial score (nSPS) is 16.4. The van der Waals surface area contributed by atoms with Gasteiger partial charge in [-0.25, -0.2) is 4.68 Å². The third-order valence-corrected chi connectivity index (χ3v) is 4.76. The highest BCUT2D eigenvalue weighted by Crippen LogP contribution is 2.30. The zero-order chi connectivity index (χ0) is 15.7. The average molecular weight is 350 g/mol. The first-order chi connectivity index (χ1) is 10.5. The Morgan fingerprint density at radius 3 is 2.77 bits per heavy atom. The first kappa shape index (κ1) is 15.3. The van der Waals surface area contributed by atoms with E-state index in [1.165, 1.54) is 11.8 Å². The number of hydrogen-bond donors (Lipinski definition) is 1. The molecule has 1 aromatic carbocycles. The molecule has 0 bridgehead atoms. The fourth-order valence-electron chi connectivity index (χ4n) is 2.14. The molecule has 1 aliphatic heterocycles. The monoisotopic (exact) mass is 349 g/mol. The molecule has 0 spiro atoms. The maximum Gasteiger partial charge on any atom is 0.263 e. The van der Waals surface area contributed by atoms with Crippen LogP contribution in [0, 0.1) is 6.92 Å². The number of halogens is 1. The number of aromatic nitrogens is 2. The SMILES string of the molecule is Cc1nn(Cc2ccccc2)c(Cl)c1C=C1SC(=S)NC1=O. The van der Waals surface area contributed by atoms with Gasteiger partial charge in [0.25, 0.3) is 5.91 Å². The summed E-state index contributed by atoms with van der Waals surface area (Å²) in [6, 6.07) is 9.95. The Bertz CT molecular complexity index is 784. The first-order valence-corrected chi connectivity index (χ1v) is 8.16. The molecular weight excluding hydrogens is 338 g/mol. The fourth-order valence-corrected chi connectivity index (χ4v) is 3.46. The summed E-state index contributed by atoms with van der Waals surface area (Å²) in [5, 5.41) is 7.56. The minimum Gasteiger partial charge on any atom is -0.307 e. The summed E-state index contributed by atoms with van der Waals surface area (Å²) >= 11 is 12.6. The standard InChI is InChI=1S/C15H12ClN3OS2/c1-9-11(7-12-14(20)17-15(21)22-12)13(16)19(18-9)8-10-5-3-2-4-6-10/h2-7H,8H2,1H3,(H,17,20,21). The van der Waals surface area contributed by atoms with Crippen LogP contribution in [0.3, 0.4) is 0 Å². The van der Waals surface area contributed by atoms with E-state index in [2.05, 4.69) is 10.4 Å². The van der Waals surface area contributed by atoms with Gasteiger partial charge in [0.2, 0.25) is 0 Å². The van der Waals surface area contributed by atoms with E-state index in [1.807, 2.05) is 37.3 Å². The second kappa shape index (κ2) is 6.24. The molecule has 7 heteroatoms. The third kappa shape index (κ3) is 3.09. The molecule has 4 nitrogen and oxygen atoms in total. The van der Waals surface area contributed by atoms with Crippen LogP contribution >= 0.6 is 35.6 Å². The first-order valence-electron chi connectivity index (χ1n) is 6.56. The molecule has 0 saturated carbocycles. The minimum atomic E-state index is -0.193. The van der Waals surface area contributed by atoms with Crippen molar-refractivity contribution in [1.29, 1.82) is 0 Å². The van der Waals surface area contributed by atoms with E-state index in [1.54, 1.807) is 10.8 Å². The second-order valence-corrected chi connectivity index (χ2v) is 6.86. The number of carbonyl (C=O) groups is 1. The van der Waals surface area contributed by atoms with Crippen LogP contribution in [0.4, 0.5) is 0 Å². The Hall–Kier alpha value is -1.63. The van der Waals surface area contributed by atoms with Crippen molar-refractivity contribution in [2.24, 2.45) is 0 Å². The Labute approximate surface area is 142 Å². The fraction of sp³-hybridized carbons (Fsp3) is 0.133. The molecule has 1 saturated heterocycles. The maximum absolute atomic E-state index is 11.8. The Morgan fingerprint density at radius 2 is 2.14 bits per heavy atom. The largest absolute Gasteiger partial charge is 0.307 e. The summed E-state index contributed by atoms with van der Waals surface area (Å²) in [7, 11) is 0. The van der Waals surface area contributed by atoms with Gasteiger partial charge < -0.3 is 5.32 Å². The summed E-state index contributed by atoms with van der Waals surface area (Å²) in [6.07, 6.45) is 1.74. The molecule has 1 aliphatic rings. The number of nitrogens with one attached hydrogen (secondary N) is 1. The summed E-state index contributed by atoms with van der Waals surface area (Å²) in [6.45, 7) is 2.46. The minimum absolute atomic E-state index is 0.193. The van der Waals surface area contributed by atoms with Crippen LogP contribution in [0.15, 0.2) is 35.2 Å². The lowest BCUT2D eigenvalue weighted by atomic mass is 10.2. The zero-order valence-electron chi connectivity index (χ0n) is 11.7. The van der Waals surface area contributed by atoms with E-state index < -0.39 is 0 Å². The highest BCUT2D eigenvalue weighted by Gasteiger charge is 2.23. The number of rotatable bonds is 3. The Kier molecular flexibility index (Phi) is 4.33. The lowest BCUT2D eigenvalue weighted by molar-refractivity contribution is -0.115. The molecule has 0 aliphatic carbocycles. The van der Waals surface area contributed by atoms with Crippen molar-refractivity contribution in [1.82, 2.24) is 15.1 Å². The van der Waals surface area contributed by atoms with Crippen LogP contribution in [0.2, 0.25) is 5.15 Å². The van der Waals surface area contributed by atoms with Crippen LogP contribution in [-0.2, 0) is 11.3 Å². The van der Waals surface area contributed by atoms with Crippen molar-refractivity contribution < 1.29 is 4.79 Å². The van der Waals surface area contributed by atoms with Crippen LogP contribution in [0.25, 0.3) is 6.08 Å². The van der Waals surface area contributed by atoms with Gasteiger partial charge in [0.15, 0.2) is 0 Å². The van der Waals surface area contributed by atoms with Crippen molar-refractivity contribution in [3.63, 3.8) is 0 Å². The van der Waals surface area contributed by atoms with Crippen molar-refractivity contribution >= 4 is 51.9 Å². The number of carbonyl (C=O) groups excluding carboxylic acids is 1. The molecule has 3 rings (SSSR count). The van der Waals surface area contributed by atoms with Crippen LogP contribution in [-0.4, -0.2) is 20.0 Å². The molecule has 0 unspecified atom stereocenters. The topological polar surface area (TPSA) is 46.9 Å². The van der Waals surface area contributed by atoms with Gasteiger partial charge in [0.05, 0.1) is 17.1 Å². The molecule has 0 atom stereocenters. The van der Waals surface area contributed by atoms with E-state index in [9.17, 15) is 4.79 Å². The van der Waals surface area contributed by atoms with Gasteiger partial charge in [-0.05, 0) is 18.6 Å². The predicted molar refractivity (Wildman–Crippen MR) is 93.8 cm³/mol. The molecular formula is C15H12ClN3OS2. The Morgan fingerprint density at radius 1 is 1.41 bits per heavy atom. The van der Waals surface area contributed by atoms with Gasteiger partial charge in [-0.3, -0.25) is 4.79 Å². The van der Waals surface area contributed by atoms with Crippen LogP contribution < -0.4 is 5.32 Å². The van der Waals surface area contributed by atoms with Crippen LogP contribution in [0.1, 0.15) is 16.8 Å². The maximum atomic E-state index is 11.8. The second-order valence-electron chi connectivity index (χ2n) is 4.79. The van der Waals surface area contributed by atoms with E-state index in [-0.39, 0.29) is 5.91 Å². The molecule has 2 aromatic rings. The lowest BCUT2D eigenvalue weighted by Crippen LogP contribution is -2.17. The van der Waals surface area contributed by atoms with E-state index in [0.29, 0.717) is 20.9 Å². The summed E-state index contributed by atoms with van der Waals surface area (Å²) < 4.78 is 2.19. The molecule has 1 amide bonds. The third-order valence-electron chi connectivity index (χ3n) is 3.20. The van der Waals surface area contributed by atoms with Crippen molar-refractivity contribution in [3.05, 3.63) is 57.2 Å². The van der Waals surface area contributed by atoms with E-state index >= 15 is 0 Å². The number of aryl methyl sites for hydroxylation is 1. The van der Waals surface area contributed by atoms with Gasteiger partial charge in [-0.2, -0.15) is 5.10 Å². The number of benzene rings is 1. The molecule has 1 aromatic heterocycles. The molecule has 1 N–H and O–H groups in total. The van der Waals surface area contributed by atoms with Gasteiger partial charge in [-0.1, -0.05) is 65.9 Å². The molecule has 2 heterocycles. The number of hydrogen-bond acceptors (Lipinski definition) is 4. The number of nitrogens with zero attached hydrogens (tertiary/aromatic N) is 2.